The lowest BCUT2D eigenvalue weighted by Gasteiger charge is -2.26. The fourth-order valence-corrected chi connectivity index (χ4v) is 2.37. The number of aryl methyl sites for hydroxylation is 1. The number of aromatic nitrogens is 2. The van der Waals surface area contributed by atoms with Crippen LogP contribution in [0.3, 0.4) is 0 Å². The number of rotatable bonds is 4. The predicted octanol–water partition coefficient (Wildman–Crippen LogP) is 2.13. The zero-order chi connectivity index (χ0) is 13.0. The van der Waals surface area contributed by atoms with Crippen molar-refractivity contribution in [2.75, 3.05) is 23.7 Å². The van der Waals surface area contributed by atoms with Crippen LogP contribution in [0.5, 0.6) is 0 Å². The van der Waals surface area contributed by atoms with Gasteiger partial charge in [-0.3, -0.25) is 0 Å². The summed E-state index contributed by atoms with van der Waals surface area (Å²) in [6.45, 7) is 4.90. The first-order chi connectivity index (χ1) is 8.77. The molecule has 1 aliphatic rings. The van der Waals surface area contributed by atoms with Crippen LogP contribution in [-0.4, -0.2) is 22.9 Å². The van der Waals surface area contributed by atoms with Crippen molar-refractivity contribution in [2.24, 2.45) is 0 Å². The van der Waals surface area contributed by atoms with E-state index >= 15 is 0 Å². The molecule has 2 N–H and O–H groups in total. The van der Waals surface area contributed by atoms with Crippen molar-refractivity contribution in [2.45, 2.75) is 45.6 Å². The molecule has 98 valence electrons. The fourth-order valence-electron chi connectivity index (χ4n) is 2.37. The molecule has 0 aliphatic carbocycles. The molecule has 0 saturated carbocycles. The third kappa shape index (κ3) is 2.42. The zero-order valence-corrected chi connectivity index (χ0v) is 11.0. The Hall–Kier alpha value is -1.70. The van der Waals surface area contributed by atoms with Crippen LogP contribution in [-0.2, 0) is 6.54 Å². The normalized spacial score (nSPS) is 15.7. The number of nitriles is 1. The van der Waals surface area contributed by atoms with Crippen LogP contribution in [0.1, 0.15) is 44.6 Å². The molecule has 1 aromatic rings. The molecule has 0 unspecified atom stereocenters. The number of nitrogens with zero attached hydrogens (tertiary/aromatic N) is 4. The first-order valence-corrected chi connectivity index (χ1v) is 6.79. The van der Waals surface area contributed by atoms with Crippen LogP contribution < -0.4 is 10.6 Å². The maximum atomic E-state index is 9.26. The van der Waals surface area contributed by atoms with Gasteiger partial charge in [-0.2, -0.15) is 10.4 Å². The van der Waals surface area contributed by atoms with Crippen molar-refractivity contribution < 1.29 is 0 Å². The molecule has 5 heteroatoms. The summed E-state index contributed by atoms with van der Waals surface area (Å²) < 4.78 is 1.78. The van der Waals surface area contributed by atoms with E-state index in [1.54, 1.807) is 4.68 Å². The average molecular weight is 247 g/mol. The summed E-state index contributed by atoms with van der Waals surface area (Å²) in [6, 6.07) is 2.21. The van der Waals surface area contributed by atoms with Crippen LogP contribution in [0.4, 0.5) is 11.6 Å². The molecule has 2 rings (SSSR count). The van der Waals surface area contributed by atoms with Crippen molar-refractivity contribution in [3.63, 3.8) is 0 Å². The largest absolute Gasteiger partial charge is 0.383 e. The number of piperidine rings is 1. The van der Waals surface area contributed by atoms with Gasteiger partial charge in [0.25, 0.3) is 0 Å². The van der Waals surface area contributed by atoms with Gasteiger partial charge in [0, 0.05) is 19.6 Å². The summed E-state index contributed by atoms with van der Waals surface area (Å²) in [6.07, 6.45) is 5.75. The summed E-state index contributed by atoms with van der Waals surface area (Å²) in [5.74, 6) is 1.30. The van der Waals surface area contributed by atoms with Crippen molar-refractivity contribution >= 4 is 11.6 Å². The highest BCUT2D eigenvalue weighted by Crippen LogP contribution is 2.27. The number of nitrogens with two attached hydrogens (primary N) is 1. The molecule has 0 amide bonds. The quantitative estimate of drug-likeness (QED) is 0.884. The molecular formula is C13H21N5. The van der Waals surface area contributed by atoms with Crippen LogP contribution in [0.25, 0.3) is 0 Å². The Morgan fingerprint density at radius 2 is 2.06 bits per heavy atom. The van der Waals surface area contributed by atoms with E-state index in [1.165, 1.54) is 19.3 Å². The lowest BCUT2D eigenvalue weighted by molar-refractivity contribution is 0.552. The third-order valence-corrected chi connectivity index (χ3v) is 3.46. The van der Waals surface area contributed by atoms with E-state index in [-0.39, 0.29) is 0 Å². The van der Waals surface area contributed by atoms with E-state index in [2.05, 4.69) is 23.0 Å². The van der Waals surface area contributed by atoms with Gasteiger partial charge >= 0.3 is 0 Å². The molecule has 0 radical (unpaired) electrons. The molecule has 0 atom stereocenters. The molecule has 1 fully saturated rings. The second-order valence-electron chi connectivity index (χ2n) is 4.82. The first-order valence-electron chi connectivity index (χ1n) is 6.79. The third-order valence-electron chi connectivity index (χ3n) is 3.46. The minimum Gasteiger partial charge on any atom is -0.383 e. The van der Waals surface area contributed by atoms with Crippen LogP contribution in [0.2, 0.25) is 0 Å². The smallest absolute Gasteiger partial charge is 0.170 e. The van der Waals surface area contributed by atoms with E-state index in [0.717, 1.165) is 38.3 Å². The van der Waals surface area contributed by atoms with Crippen LogP contribution in [0, 0.1) is 11.3 Å². The van der Waals surface area contributed by atoms with Crippen molar-refractivity contribution in [1.82, 2.24) is 9.78 Å². The van der Waals surface area contributed by atoms with Gasteiger partial charge in [-0.25, -0.2) is 4.68 Å². The molecule has 0 aromatic carbocycles. The molecule has 1 aliphatic heterocycles. The summed E-state index contributed by atoms with van der Waals surface area (Å²) in [4.78, 5) is 2.20. The minimum absolute atomic E-state index is 0.520. The lowest BCUT2D eigenvalue weighted by atomic mass is 10.1. The van der Waals surface area contributed by atoms with Crippen LogP contribution in [0.15, 0.2) is 0 Å². The Kier molecular flexibility index (Phi) is 4.08. The molecule has 2 heterocycles. The van der Waals surface area contributed by atoms with E-state index in [0.29, 0.717) is 11.4 Å². The summed E-state index contributed by atoms with van der Waals surface area (Å²) >= 11 is 0. The van der Waals surface area contributed by atoms with Crippen molar-refractivity contribution in [1.29, 1.82) is 5.26 Å². The number of hydrogen-bond acceptors (Lipinski definition) is 4. The Labute approximate surface area is 108 Å². The highest BCUT2D eigenvalue weighted by atomic mass is 15.4. The SMILES string of the molecule is CCCCn1nc(N2CCCCC2)c(C#N)c1N. The second-order valence-corrected chi connectivity index (χ2v) is 4.82. The maximum Gasteiger partial charge on any atom is 0.170 e. The van der Waals surface area contributed by atoms with E-state index in [1.807, 2.05) is 0 Å². The number of nitrogen functional groups attached to an aromatic ring is 1. The Morgan fingerprint density at radius 1 is 1.33 bits per heavy atom. The van der Waals surface area contributed by atoms with Gasteiger partial charge in [0.05, 0.1) is 0 Å². The number of unbranched alkanes of at least 4 members (excludes halogenated alkanes) is 1. The minimum atomic E-state index is 0.520. The molecule has 1 aromatic heterocycles. The van der Waals surface area contributed by atoms with Gasteiger partial charge in [-0.15, -0.1) is 0 Å². The zero-order valence-electron chi connectivity index (χ0n) is 11.0. The van der Waals surface area contributed by atoms with Gasteiger partial charge in [-0.05, 0) is 25.7 Å². The molecule has 0 bridgehead atoms. The summed E-state index contributed by atoms with van der Waals surface area (Å²) in [7, 11) is 0. The lowest BCUT2D eigenvalue weighted by Crippen LogP contribution is -2.30. The molecule has 5 nitrogen and oxygen atoms in total. The average Bonchev–Trinajstić information content (AvgIpc) is 2.74. The summed E-state index contributed by atoms with van der Waals surface area (Å²) in [5, 5.41) is 13.8. The topological polar surface area (TPSA) is 70.9 Å². The van der Waals surface area contributed by atoms with E-state index in [9.17, 15) is 5.26 Å². The van der Waals surface area contributed by atoms with Crippen LogP contribution >= 0.6 is 0 Å². The Balaban J connectivity index is 2.25. The molecule has 0 spiro atoms. The van der Waals surface area contributed by atoms with E-state index < -0.39 is 0 Å². The predicted molar refractivity (Wildman–Crippen MR) is 72.3 cm³/mol. The molecule has 1 saturated heterocycles. The van der Waals surface area contributed by atoms with Crippen molar-refractivity contribution in [3.8, 4) is 6.07 Å². The first kappa shape index (κ1) is 12.7. The summed E-state index contributed by atoms with van der Waals surface area (Å²) in [5.41, 5.74) is 6.56. The monoisotopic (exact) mass is 247 g/mol. The maximum absolute atomic E-state index is 9.26. The number of hydrogen-bond donors (Lipinski definition) is 1. The van der Waals surface area contributed by atoms with Crippen molar-refractivity contribution in [3.05, 3.63) is 5.56 Å². The standard InChI is InChI=1S/C13H21N5/c1-2-3-9-18-12(15)11(10-14)13(16-18)17-7-5-4-6-8-17/h2-9,15H2,1H3. The van der Waals surface area contributed by atoms with E-state index in [4.69, 9.17) is 5.73 Å². The van der Waals surface area contributed by atoms with Gasteiger partial charge < -0.3 is 10.6 Å². The highest BCUT2D eigenvalue weighted by molar-refractivity contribution is 5.65. The second kappa shape index (κ2) is 5.76. The fraction of sp³-hybridized carbons (Fsp3) is 0.692. The van der Waals surface area contributed by atoms with Gasteiger partial charge in [0.1, 0.15) is 17.5 Å². The number of anilines is 2. The van der Waals surface area contributed by atoms with Gasteiger partial charge in [0.2, 0.25) is 0 Å². The van der Waals surface area contributed by atoms with Gasteiger partial charge in [0.15, 0.2) is 5.82 Å². The Bertz CT molecular complexity index is 437. The Morgan fingerprint density at radius 3 is 2.67 bits per heavy atom. The van der Waals surface area contributed by atoms with Gasteiger partial charge in [-0.1, -0.05) is 13.3 Å². The molecular weight excluding hydrogens is 226 g/mol. The molecule has 18 heavy (non-hydrogen) atoms. The highest BCUT2D eigenvalue weighted by Gasteiger charge is 2.21.